The van der Waals surface area contributed by atoms with Crippen LogP contribution in [0.15, 0.2) is 41.4 Å². The van der Waals surface area contributed by atoms with Gasteiger partial charge in [0.25, 0.3) is 0 Å². The molecule has 1 saturated heterocycles. The van der Waals surface area contributed by atoms with Gasteiger partial charge in [0.15, 0.2) is 17.5 Å². The van der Waals surface area contributed by atoms with E-state index in [1.165, 1.54) is 18.9 Å². The third kappa shape index (κ3) is 6.05. The number of ether oxygens (including phenoxy) is 1. The van der Waals surface area contributed by atoms with Crippen molar-refractivity contribution in [2.45, 2.75) is 36.7 Å². The molecule has 1 fully saturated rings. The summed E-state index contributed by atoms with van der Waals surface area (Å²) in [5, 5.41) is 21.4. The molecule has 0 saturated carbocycles. The normalized spacial score (nSPS) is 16.5. The van der Waals surface area contributed by atoms with Crippen molar-refractivity contribution >= 4 is 28.6 Å². The number of aliphatic hydroxyl groups excluding tert-OH is 1. The fourth-order valence-corrected chi connectivity index (χ4v) is 5.83. The molecule has 1 atom stereocenters. The van der Waals surface area contributed by atoms with Gasteiger partial charge in [-0.1, -0.05) is 0 Å². The first-order valence-electron chi connectivity index (χ1n) is 12.2. The van der Waals surface area contributed by atoms with Crippen LogP contribution in [0.3, 0.4) is 0 Å². The molecule has 38 heavy (non-hydrogen) atoms. The molecule has 1 aliphatic heterocycles. The van der Waals surface area contributed by atoms with E-state index in [9.17, 15) is 32.6 Å². The van der Waals surface area contributed by atoms with E-state index in [0.29, 0.717) is 54.9 Å². The molecular formula is C27H28F4N2O4S. The smallest absolute Gasteiger partial charge is 0.309 e. The van der Waals surface area contributed by atoms with Crippen LogP contribution in [0, 0.1) is 28.7 Å². The molecule has 0 bridgehead atoms. The zero-order valence-electron chi connectivity index (χ0n) is 20.7. The number of hydrogen-bond donors (Lipinski definition) is 2. The Morgan fingerprint density at radius 1 is 1.13 bits per heavy atom. The van der Waals surface area contributed by atoms with Crippen LogP contribution in [0.5, 0.6) is 5.75 Å². The maximum Gasteiger partial charge on any atom is 0.309 e. The van der Waals surface area contributed by atoms with Crippen molar-refractivity contribution in [2.24, 2.45) is 5.41 Å². The number of carboxylic acid groups (broad SMARTS) is 1. The van der Waals surface area contributed by atoms with E-state index in [-0.39, 0.29) is 23.3 Å². The lowest BCUT2D eigenvalue weighted by Crippen LogP contribution is -2.45. The van der Waals surface area contributed by atoms with Gasteiger partial charge >= 0.3 is 5.97 Å². The highest BCUT2D eigenvalue weighted by molar-refractivity contribution is 7.99. The average molecular weight is 553 g/mol. The number of fused-ring (bicyclic) bond motifs is 1. The first-order valence-corrected chi connectivity index (χ1v) is 13.2. The molecule has 0 spiro atoms. The molecule has 0 radical (unpaired) electrons. The number of carboxylic acids is 1. The Morgan fingerprint density at radius 3 is 2.45 bits per heavy atom. The van der Waals surface area contributed by atoms with Crippen molar-refractivity contribution in [3.05, 3.63) is 65.4 Å². The number of methoxy groups -OCH3 is 1. The highest BCUT2D eigenvalue weighted by atomic mass is 32.2. The number of thioether (sulfide) groups is 1. The molecule has 2 aromatic carbocycles. The zero-order chi connectivity index (χ0) is 27.4. The lowest BCUT2D eigenvalue weighted by Gasteiger charge is -2.39. The summed E-state index contributed by atoms with van der Waals surface area (Å²) in [6.07, 6.45) is 0.713. The first-order chi connectivity index (χ1) is 18.1. The van der Waals surface area contributed by atoms with Crippen LogP contribution >= 0.6 is 11.8 Å². The van der Waals surface area contributed by atoms with Crippen LogP contribution in [0.1, 0.15) is 37.4 Å². The number of aliphatic carboxylic acids is 1. The Hall–Kier alpha value is -2.89. The van der Waals surface area contributed by atoms with Gasteiger partial charge in [0, 0.05) is 28.1 Å². The summed E-state index contributed by atoms with van der Waals surface area (Å²) in [5.74, 6) is -4.63. The van der Waals surface area contributed by atoms with Gasteiger partial charge in [0.05, 0.1) is 30.3 Å². The van der Waals surface area contributed by atoms with Crippen molar-refractivity contribution in [3.8, 4) is 5.75 Å². The molecule has 2 heterocycles. The first kappa shape index (κ1) is 28.1. The van der Waals surface area contributed by atoms with Crippen LogP contribution in [0.2, 0.25) is 0 Å². The van der Waals surface area contributed by atoms with Crippen molar-refractivity contribution in [3.63, 3.8) is 0 Å². The molecule has 0 aliphatic carbocycles. The third-order valence-corrected chi connectivity index (χ3v) is 8.15. The summed E-state index contributed by atoms with van der Waals surface area (Å²) in [6, 6.07) is 6.85. The minimum absolute atomic E-state index is 0.0527. The minimum Gasteiger partial charge on any atom is -0.497 e. The number of likely N-dealkylation sites (tertiary alicyclic amines) is 1. The number of hydrogen-bond acceptors (Lipinski definition) is 6. The second-order valence-electron chi connectivity index (χ2n) is 9.43. The van der Waals surface area contributed by atoms with Gasteiger partial charge in [-0.25, -0.2) is 17.6 Å². The Kier molecular flexibility index (Phi) is 8.79. The van der Waals surface area contributed by atoms with Gasteiger partial charge in [0.2, 0.25) is 0 Å². The molecule has 4 rings (SSSR count). The van der Waals surface area contributed by atoms with E-state index < -0.39 is 40.8 Å². The van der Waals surface area contributed by atoms with Gasteiger partial charge in [-0.3, -0.25) is 9.78 Å². The number of rotatable bonds is 10. The number of nitrogens with zero attached hydrogens (tertiary/aromatic N) is 2. The van der Waals surface area contributed by atoms with E-state index in [4.69, 9.17) is 4.74 Å². The monoisotopic (exact) mass is 552 g/mol. The second kappa shape index (κ2) is 11.9. The Bertz CT molecular complexity index is 1290. The summed E-state index contributed by atoms with van der Waals surface area (Å²) >= 11 is 1.19. The van der Waals surface area contributed by atoms with Crippen LogP contribution in [0.25, 0.3) is 10.9 Å². The molecule has 0 unspecified atom stereocenters. The number of carbonyl (C=O) groups is 1. The second-order valence-corrected chi connectivity index (χ2v) is 10.6. The summed E-state index contributed by atoms with van der Waals surface area (Å²) in [5.41, 5.74) is -0.505. The lowest BCUT2D eigenvalue weighted by molar-refractivity contribution is -0.153. The van der Waals surface area contributed by atoms with Crippen molar-refractivity contribution in [2.75, 3.05) is 32.5 Å². The molecule has 2 N–H and O–H groups in total. The topological polar surface area (TPSA) is 82.9 Å². The summed E-state index contributed by atoms with van der Waals surface area (Å²) < 4.78 is 59.9. The molecule has 6 nitrogen and oxygen atoms in total. The van der Waals surface area contributed by atoms with E-state index in [1.54, 1.807) is 18.2 Å². The maximum atomic E-state index is 14.7. The Balaban J connectivity index is 1.36. The number of aromatic nitrogens is 1. The molecule has 3 aromatic rings. The summed E-state index contributed by atoms with van der Waals surface area (Å²) in [4.78, 5) is 18.7. The van der Waals surface area contributed by atoms with Gasteiger partial charge < -0.3 is 19.8 Å². The van der Waals surface area contributed by atoms with Gasteiger partial charge in [-0.05, 0) is 69.1 Å². The number of benzene rings is 2. The SMILES string of the molecule is COc1ccc2ncc(F)c([C@@H](O)CCC3(C(=O)O)CCN(CCSc4cc(F)c(F)c(F)c4)CC3)c2c1. The fraction of sp³-hybridized carbons (Fsp3) is 0.407. The predicted molar refractivity (Wildman–Crippen MR) is 135 cm³/mol. The zero-order valence-corrected chi connectivity index (χ0v) is 21.5. The lowest BCUT2D eigenvalue weighted by atomic mass is 9.74. The number of halogens is 4. The quantitative estimate of drug-likeness (QED) is 0.193. The third-order valence-electron chi connectivity index (χ3n) is 7.20. The molecule has 11 heteroatoms. The highest BCUT2D eigenvalue weighted by Crippen LogP contribution is 2.40. The maximum absolute atomic E-state index is 14.7. The molecule has 1 aliphatic rings. The van der Waals surface area contributed by atoms with E-state index in [0.717, 1.165) is 18.3 Å². The Morgan fingerprint density at radius 2 is 1.82 bits per heavy atom. The van der Waals surface area contributed by atoms with Crippen molar-refractivity contribution in [1.82, 2.24) is 9.88 Å². The van der Waals surface area contributed by atoms with Crippen molar-refractivity contribution in [1.29, 1.82) is 0 Å². The van der Waals surface area contributed by atoms with Gasteiger partial charge in [-0.15, -0.1) is 11.8 Å². The summed E-state index contributed by atoms with van der Waals surface area (Å²) in [6.45, 7) is 1.53. The van der Waals surface area contributed by atoms with Crippen molar-refractivity contribution < 1.29 is 37.3 Å². The van der Waals surface area contributed by atoms with E-state index in [1.807, 2.05) is 0 Å². The molecule has 204 valence electrons. The predicted octanol–water partition coefficient (Wildman–Crippen LogP) is 5.57. The average Bonchev–Trinajstić information content (AvgIpc) is 2.90. The number of aliphatic hydroxyl groups is 1. The van der Waals surface area contributed by atoms with Gasteiger partial charge in [0.1, 0.15) is 11.6 Å². The highest BCUT2D eigenvalue weighted by Gasteiger charge is 2.41. The Labute approximate surface area is 221 Å². The summed E-state index contributed by atoms with van der Waals surface area (Å²) in [7, 11) is 1.48. The molecule has 0 amide bonds. The van der Waals surface area contributed by atoms with E-state index in [2.05, 4.69) is 9.88 Å². The van der Waals surface area contributed by atoms with E-state index >= 15 is 0 Å². The van der Waals surface area contributed by atoms with Crippen LogP contribution < -0.4 is 4.74 Å². The standard InChI is InChI=1S/C27H28F4N2O4S/c1-37-16-2-3-22-18(12-16)24(21(30)15-32-22)23(34)4-5-27(26(35)36)6-8-33(9-7-27)10-11-38-17-13-19(28)25(31)20(29)14-17/h2-3,12-15,23,34H,4-11H2,1H3,(H,35,36)/t23-/m0/s1. The minimum atomic E-state index is -1.50. The van der Waals surface area contributed by atoms with Crippen LogP contribution in [-0.4, -0.2) is 58.6 Å². The largest absolute Gasteiger partial charge is 0.497 e. The number of pyridine rings is 1. The van der Waals surface area contributed by atoms with Gasteiger partial charge in [-0.2, -0.15) is 0 Å². The molecular weight excluding hydrogens is 524 g/mol. The molecule has 1 aromatic heterocycles. The number of piperidine rings is 1. The fourth-order valence-electron chi connectivity index (χ4n) is 4.87. The van der Waals surface area contributed by atoms with Crippen LogP contribution in [-0.2, 0) is 4.79 Å². The van der Waals surface area contributed by atoms with Crippen LogP contribution in [0.4, 0.5) is 17.6 Å².